The Hall–Kier alpha value is -1.92. The number of hydrogen-bond acceptors (Lipinski definition) is 6. The van der Waals surface area contributed by atoms with Gasteiger partial charge >= 0.3 is 0 Å². The highest BCUT2D eigenvalue weighted by molar-refractivity contribution is 7.28. The summed E-state index contributed by atoms with van der Waals surface area (Å²) in [6.45, 7) is 7.56. The number of para-hydroxylation sites is 1. The van der Waals surface area contributed by atoms with Crippen LogP contribution in [0.5, 0.6) is 0 Å². The fourth-order valence-electron chi connectivity index (χ4n) is 4.69. The van der Waals surface area contributed by atoms with E-state index in [0.29, 0.717) is 12.5 Å². The van der Waals surface area contributed by atoms with Crippen LogP contribution in [0.2, 0.25) is 0 Å². The van der Waals surface area contributed by atoms with Gasteiger partial charge in [0.1, 0.15) is 21.7 Å². The molecule has 3 aromatic rings. The van der Waals surface area contributed by atoms with Gasteiger partial charge < -0.3 is 10.0 Å². The van der Waals surface area contributed by atoms with Crippen molar-refractivity contribution in [2.45, 2.75) is 64.3 Å². The number of anilines is 2. The second-order valence-electron chi connectivity index (χ2n) is 8.80. The number of hydrogen-bond donors (Lipinski definition) is 2. The normalized spacial score (nSPS) is 18.0. The lowest BCUT2D eigenvalue weighted by Gasteiger charge is -2.25. The molecule has 1 aromatic carbocycles. The maximum atomic E-state index is 9.69. The third-order valence-corrected chi connectivity index (χ3v) is 7.83. The van der Waals surface area contributed by atoms with Crippen LogP contribution in [-0.2, 0) is 5.41 Å². The molecule has 170 valence electrons. The van der Waals surface area contributed by atoms with Crippen LogP contribution in [-0.4, -0.2) is 44.7 Å². The number of rotatable bonds is 10. The van der Waals surface area contributed by atoms with E-state index in [1.807, 2.05) is 0 Å². The Morgan fingerprint density at radius 2 is 2.00 bits per heavy atom. The SMILES string of the molecule is CCCC(CCC)NC(=P)c1nc2c(N3CC(C)(CCO)c4ccccc43)ncnc2s1. The van der Waals surface area contributed by atoms with Gasteiger partial charge in [-0.2, -0.15) is 0 Å². The number of thiazole rings is 1. The van der Waals surface area contributed by atoms with Crippen molar-refractivity contribution in [1.29, 1.82) is 0 Å². The number of fused-ring (bicyclic) bond motifs is 2. The number of aliphatic hydroxyl groups excluding tert-OH is 1. The second-order valence-corrected chi connectivity index (χ2v) is 10.3. The molecule has 0 saturated carbocycles. The Morgan fingerprint density at radius 3 is 2.72 bits per heavy atom. The van der Waals surface area contributed by atoms with Crippen molar-refractivity contribution in [2.24, 2.45) is 0 Å². The molecule has 0 amide bonds. The minimum absolute atomic E-state index is 0.136. The van der Waals surface area contributed by atoms with Crippen molar-refractivity contribution < 1.29 is 5.11 Å². The van der Waals surface area contributed by atoms with E-state index in [4.69, 9.17) is 4.98 Å². The molecule has 1 unspecified atom stereocenters. The van der Waals surface area contributed by atoms with Gasteiger partial charge in [-0.3, -0.25) is 5.32 Å². The Kier molecular flexibility index (Phi) is 7.21. The molecule has 0 spiro atoms. The molecule has 6 nitrogen and oxygen atoms in total. The summed E-state index contributed by atoms with van der Waals surface area (Å²) in [4.78, 5) is 17.2. The molecule has 0 radical (unpaired) electrons. The molecule has 0 saturated heterocycles. The summed E-state index contributed by atoms with van der Waals surface area (Å²) in [5, 5.41) is 14.2. The van der Waals surface area contributed by atoms with Crippen molar-refractivity contribution in [1.82, 2.24) is 20.3 Å². The molecule has 8 heteroatoms. The first-order valence-corrected chi connectivity index (χ1v) is 12.8. The second kappa shape index (κ2) is 9.92. The average molecular weight is 470 g/mol. The first-order valence-electron chi connectivity index (χ1n) is 11.5. The van der Waals surface area contributed by atoms with E-state index < -0.39 is 0 Å². The Labute approximate surface area is 196 Å². The lowest BCUT2D eigenvalue weighted by molar-refractivity contribution is 0.251. The van der Waals surface area contributed by atoms with Crippen LogP contribution in [0.4, 0.5) is 11.5 Å². The van der Waals surface area contributed by atoms with Gasteiger partial charge in [0.2, 0.25) is 0 Å². The molecular formula is C24H32N5OPS. The minimum Gasteiger partial charge on any atom is -0.396 e. The molecule has 3 heterocycles. The lowest BCUT2D eigenvalue weighted by Crippen LogP contribution is -2.33. The van der Waals surface area contributed by atoms with E-state index in [2.05, 4.69) is 74.1 Å². The van der Waals surface area contributed by atoms with Crippen molar-refractivity contribution in [3.8, 4) is 0 Å². The molecule has 1 aliphatic rings. The molecule has 0 fully saturated rings. The van der Waals surface area contributed by atoms with E-state index in [1.54, 1.807) is 17.7 Å². The van der Waals surface area contributed by atoms with E-state index >= 15 is 0 Å². The lowest BCUT2D eigenvalue weighted by atomic mass is 9.82. The Bertz CT molecular complexity index is 1100. The van der Waals surface area contributed by atoms with Gasteiger partial charge in [0, 0.05) is 30.3 Å². The third-order valence-electron chi connectivity index (χ3n) is 6.28. The largest absolute Gasteiger partial charge is 0.396 e. The van der Waals surface area contributed by atoms with Crippen LogP contribution in [0.15, 0.2) is 30.6 Å². The third kappa shape index (κ3) is 4.44. The number of benzene rings is 1. The Morgan fingerprint density at radius 1 is 1.25 bits per heavy atom. The summed E-state index contributed by atoms with van der Waals surface area (Å²) in [5.41, 5.74) is 3.97. The number of nitrogens with one attached hydrogen (secondary N) is 1. The summed E-state index contributed by atoms with van der Waals surface area (Å²) >= 11 is 1.57. The van der Waals surface area contributed by atoms with Gasteiger partial charge in [0.05, 0.1) is 5.42 Å². The zero-order chi connectivity index (χ0) is 22.7. The van der Waals surface area contributed by atoms with E-state index in [9.17, 15) is 5.11 Å². The number of nitrogens with zero attached hydrogens (tertiary/aromatic N) is 4. The molecule has 2 N–H and O–H groups in total. The van der Waals surface area contributed by atoms with E-state index in [1.165, 1.54) is 5.56 Å². The zero-order valence-electron chi connectivity index (χ0n) is 19.1. The molecule has 32 heavy (non-hydrogen) atoms. The highest BCUT2D eigenvalue weighted by Gasteiger charge is 2.40. The van der Waals surface area contributed by atoms with Crippen LogP contribution >= 0.6 is 20.2 Å². The molecule has 0 aliphatic carbocycles. The molecule has 2 aromatic heterocycles. The van der Waals surface area contributed by atoms with Crippen molar-refractivity contribution in [3.63, 3.8) is 0 Å². The fourth-order valence-corrected chi connectivity index (χ4v) is 5.91. The van der Waals surface area contributed by atoms with Crippen LogP contribution in [0.1, 0.15) is 63.4 Å². The number of aliphatic hydroxyl groups is 1. The van der Waals surface area contributed by atoms with Gasteiger partial charge in [0.15, 0.2) is 5.82 Å². The quantitative estimate of drug-likeness (QED) is 0.405. The van der Waals surface area contributed by atoms with Crippen LogP contribution in [0.3, 0.4) is 0 Å². The summed E-state index contributed by atoms with van der Waals surface area (Å²) in [6, 6.07) is 8.83. The van der Waals surface area contributed by atoms with E-state index in [0.717, 1.165) is 64.5 Å². The topological polar surface area (TPSA) is 74.2 Å². The summed E-state index contributed by atoms with van der Waals surface area (Å²) in [7, 11) is 3.80. The smallest absolute Gasteiger partial charge is 0.164 e. The van der Waals surface area contributed by atoms with Gasteiger partial charge in [-0.15, -0.1) is 0 Å². The maximum absolute atomic E-state index is 9.69. The molecule has 1 atom stereocenters. The van der Waals surface area contributed by atoms with Crippen molar-refractivity contribution in [3.05, 3.63) is 41.2 Å². The van der Waals surface area contributed by atoms with Crippen LogP contribution in [0.25, 0.3) is 10.3 Å². The standard InChI is InChI=1S/C24H32N5OPS/c1-4-8-16(9-5-2)27-21(31)23-28-19-20(25-15-26-22(19)32-23)29-14-24(3,12-13-30)17-10-6-7-11-18(17)29/h6-7,10-11,15-16,27,30-31H,4-5,8-9,12-14H2,1-3H3. The van der Waals surface area contributed by atoms with Gasteiger partial charge in [-0.25, -0.2) is 15.0 Å². The fraction of sp³-hybridized carbons (Fsp3) is 0.500. The molecule has 4 rings (SSSR count). The minimum atomic E-state index is -0.136. The monoisotopic (exact) mass is 469 g/mol. The van der Waals surface area contributed by atoms with Crippen molar-refractivity contribution >= 4 is 47.5 Å². The first-order chi connectivity index (χ1) is 15.5. The predicted molar refractivity (Wildman–Crippen MR) is 137 cm³/mol. The van der Waals surface area contributed by atoms with Crippen molar-refractivity contribution in [2.75, 3.05) is 18.1 Å². The van der Waals surface area contributed by atoms with Crippen LogP contribution in [0, 0.1) is 0 Å². The van der Waals surface area contributed by atoms with Gasteiger partial charge in [0.25, 0.3) is 0 Å². The summed E-state index contributed by atoms with van der Waals surface area (Å²) < 4.78 is 0. The first kappa shape index (κ1) is 23.2. The van der Waals surface area contributed by atoms with Gasteiger partial charge in [-0.05, 0) is 30.9 Å². The molecular weight excluding hydrogens is 437 g/mol. The molecule has 0 bridgehead atoms. The maximum Gasteiger partial charge on any atom is 0.164 e. The highest BCUT2D eigenvalue weighted by atomic mass is 32.1. The highest BCUT2D eigenvalue weighted by Crippen LogP contribution is 2.46. The number of aromatic nitrogens is 3. The molecule has 1 aliphatic heterocycles. The predicted octanol–water partition coefficient (Wildman–Crippen LogP) is 5.06. The zero-order valence-corrected chi connectivity index (χ0v) is 20.9. The summed E-state index contributed by atoms with van der Waals surface area (Å²) in [5.74, 6) is 0.824. The average Bonchev–Trinajstić information content (AvgIpc) is 3.34. The summed E-state index contributed by atoms with van der Waals surface area (Å²) in [6.07, 6.45) is 6.89. The Balaban J connectivity index is 1.68. The van der Waals surface area contributed by atoms with Crippen LogP contribution < -0.4 is 10.2 Å². The van der Waals surface area contributed by atoms with Gasteiger partial charge in [-0.1, -0.05) is 72.0 Å². The van der Waals surface area contributed by atoms with E-state index in [-0.39, 0.29) is 12.0 Å².